The SMILES string of the molecule is CCS.[SH-]. The zero-order valence-electron chi connectivity index (χ0n) is 2.60. The van der Waals surface area contributed by atoms with Crippen LogP contribution in [-0.2, 0) is 13.5 Å². The third-order valence-electron chi connectivity index (χ3n) is 0. The van der Waals surface area contributed by atoms with E-state index in [-0.39, 0.29) is 13.5 Å². The molecular formula is C2H7S2-. The van der Waals surface area contributed by atoms with E-state index in [9.17, 15) is 0 Å². The van der Waals surface area contributed by atoms with Crippen molar-refractivity contribution in [3.63, 3.8) is 0 Å². The van der Waals surface area contributed by atoms with Crippen LogP contribution in [0.4, 0.5) is 0 Å². The smallest absolute Gasteiger partial charge is 0.0126 e. The third kappa shape index (κ3) is 15.9. The molecule has 0 heterocycles. The van der Waals surface area contributed by atoms with Gasteiger partial charge in [-0.3, -0.25) is 0 Å². The van der Waals surface area contributed by atoms with Crippen LogP contribution in [0.2, 0.25) is 0 Å². The first-order valence-electron chi connectivity index (χ1n) is 1.02. The van der Waals surface area contributed by atoms with Crippen molar-refractivity contribution in [3.8, 4) is 0 Å². The third-order valence-corrected chi connectivity index (χ3v) is 0. The molecule has 0 bridgehead atoms. The zero-order valence-corrected chi connectivity index (χ0v) is 4.39. The fourth-order valence-corrected chi connectivity index (χ4v) is 0. The topological polar surface area (TPSA) is 0 Å². The standard InChI is InChI=1S/C2H6S.H2S/c1-2-3;/h3H,2H2,1H3;1H2/p-1. The Kier molecular flexibility index (Phi) is 20.6. The van der Waals surface area contributed by atoms with E-state index in [0.717, 1.165) is 5.75 Å². The summed E-state index contributed by atoms with van der Waals surface area (Å²) in [5.41, 5.74) is 0. The van der Waals surface area contributed by atoms with E-state index in [4.69, 9.17) is 0 Å². The summed E-state index contributed by atoms with van der Waals surface area (Å²) in [6.07, 6.45) is 0. The Labute approximate surface area is 39.5 Å². The van der Waals surface area contributed by atoms with Crippen molar-refractivity contribution in [2.45, 2.75) is 6.92 Å². The Morgan fingerprint density at radius 2 is 1.75 bits per heavy atom. The van der Waals surface area contributed by atoms with Crippen LogP contribution >= 0.6 is 12.6 Å². The highest BCUT2D eigenvalue weighted by Gasteiger charge is 1.35. The van der Waals surface area contributed by atoms with Gasteiger partial charge in [0.05, 0.1) is 0 Å². The Bertz CT molecular complexity index is 4.00. The highest BCUT2D eigenvalue weighted by molar-refractivity contribution is 7.80. The summed E-state index contributed by atoms with van der Waals surface area (Å²) in [5, 5.41) is 0. The van der Waals surface area contributed by atoms with Gasteiger partial charge >= 0.3 is 0 Å². The average molecular weight is 95.2 g/mol. The Morgan fingerprint density at radius 1 is 1.75 bits per heavy atom. The molecule has 0 aromatic rings. The van der Waals surface area contributed by atoms with Crippen molar-refractivity contribution in [1.82, 2.24) is 0 Å². The van der Waals surface area contributed by atoms with Gasteiger partial charge in [-0.05, 0) is 5.75 Å². The van der Waals surface area contributed by atoms with E-state index in [1.807, 2.05) is 6.92 Å². The predicted molar refractivity (Wildman–Crippen MR) is 28.3 cm³/mol. The van der Waals surface area contributed by atoms with Crippen molar-refractivity contribution in [2.75, 3.05) is 5.75 Å². The summed E-state index contributed by atoms with van der Waals surface area (Å²) in [7, 11) is 0. The van der Waals surface area contributed by atoms with E-state index in [1.165, 1.54) is 0 Å². The molecule has 0 fully saturated rings. The van der Waals surface area contributed by atoms with Crippen molar-refractivity contribution in [1.29, 1.82) is 0 Å². The number of hydrogen-bond acceptors (Lipinski definition) is 2. The molecule has 0 aliphatic rings. The molecule has 0 unspecified atom stereocenters. The van der Waals surface area contributed by atoms with Crippen LogP contribution < -0.4 is 0 Å². The molecule has 4 heavy (non-hydrogen) atoms. The molecule has 0 spiro atoms. The van der Waals surface area contributed by atoms with E-state index in [0.29, 0.717) is 0 Å². The van der Waals surface area contributed by atoms with E-state index < -0.39 is 0 Å². The lowest BCUT2D eigenvalue weighted by molar-refractivity contribution is 1.54. The minimum Gasteiger partial charge on any atom is -0.813 e. The highest BCUT2D eigenvalue weighted by Crippen LogP contribution is 1.58. The summed E-state index contributed by atoms with van der Waals surface area (Å²) in [5.74, 6) is 0.944. The molecular weight excluding hydrogens is 88.2 g/mol. The monoisotopic (exact) mass is 95.0 g/mol. The summed E-state index contributed by atoms with van der Waals surface area (Å²) in [6.45, 7) is 1.99. The molecule has 0 atom stereocenters. The van der Waals surface area contributed by atoms with Crippen molar-refractivity contribution in [3.05, 3.63) is 0 Å². The highest BCUT2D eigenvalue weighted by atomic mass is 32.1. The predicted octanol–water partition coefficient (Wildman–Crippen LogP) is 0.666. The summed E-state index contributed by atoms with van der Waals surface area (Å²) in [4.78, 5) is 0. The van der Waals surface area contributed by atoms with Crippen LogP contribution in [0.15, 0.2) is 0 Å². The van der Waals surface area contributed by atoms with Gasteiger partial charge in [-0.1, -0.05) is 6.92 Å². The molecule has 0 aromatic heterocycles. The molecule has 2 heteroatoms. The Balaban J connectivity index is 0. The molecule has 0 radical (unpaired) electrons. The van der Waals surface area contributed by atoms with Crippen LogP contribution in [0.1, 0.15) is 6.92 Å². The lowest BCUT2D eigenvalue weighted by atomic mass is 11.0. The van der Waals surface area contributed by atoms with Gasteiger partial charge in [0, 0.05) is 0 Å². The maximum atomic E-state index is 3.79. The molecule has 0 aliphatic carbocycles. The number of rotatable bonds is 0. The van der Waals surface area contributed by atoms with Gasteiger partial charge in [-0.25, -0.2) is 0 Å². The molecule has 0 aromatic carbocycles. The molecule has 0 aliphatic heterocycles. The number of hydrogen-bond donors (Lipinski definition) is 1. The Morgan fingerprint density at radius 3 is 1.75 bits per heavy atom. The largest absolute Gasteiger partial charge is 0.813 e. The van der Waals surface area contributed by atoms with Gasteiger partial charge in [-0.15, -0.1) is 0 Å². The van der Waals surface area contributed by atoms with Crippen molar-refractivity contribution < 1.29 is 0 Å². The number of thiol groups is 2. The second-order valence-corrected chi connectivity index (χ2v) is 0.949. The fourth-order valence-electron chi connectivity index (χ4n) is 0. The summed E-state index contributed by atoms with van der Waals surface area (Å²) >= 11 is 3.79. The molecule has 0 saturated heterocycles. The van der Waals surface area contributed by atoms with E-state index in [2.05, 4.69) is 12.6 Å². The molecule has 0 amide bonds. The summed E-state index contributed by atoms with van der Waals surface area (Å²) in [6, 6.07) is 0. The minimum absolute atomic E-state index is 0. The maximum absolute atomic E-state index is 3.79. The quantitative estimate of drug-likeness (QED) is 0.341. The van der Waals surface area contributed by atoms with Crippen LogP contribution in [-0.4, -0.2) is 5.75 Å². The fraction of sp³-hybridized carbons (Fsp3) is 1.00. The van der Waals surface area contributed by atoms with Crippen LogP contribution in [0.5, 0.6) is 0 Å². The first-order chi connectivity index (χ1) is 1.41. The van der Waals surface area contributed by atoms with Crippen LogP contribution in [0.3, 0.4) is 0 Å². The molecule has 0 nitrogen and oxygen atoms in total. The van der Waals surface area contributed by atoms with Crippen LogP contribution in [0, 0.1) is 0 Å². The second kappa shape index (κ2) is 9.33. The molecule has 0 rings (SSSR count). The van der Waals surface area contributed by atoms with Gasteiger partial charge in [0.25, 0.3) is 0 Å². The average Bonchev–Trinajstić information content (AvgIpc) is 0.918. The first kappa shape index (κ1) is 8.83. The lowest BCUT2D eigenvalue weighted by Gasteiger charge is -1.48. The molecule has 0 N–H and O–H groups in total. The van der Waals surface area contributed by atoms with Gasteiger partial charge < -0.3 is 13.5 Å². The van der Waals surface area contributed by atoms with Gasteiger partial charge in [-0.2, -0.15) is 12.6 Å². The molecule has 0 saturated carbocycles. The van der Waals surface area contributed by atoms with E-state index in [1.54, 1.807) is 0 Å². The maximum Gasteiger partial charge on any atom is -0.0126 e. The van der Waals surface area contributed by atoms with Gasteiger partial charge in [0.15, 0.2) is 0 Å². The zero-order chi connectivity index (χ0) is 2.71. The normalized spacial score (nSPS) is 4.50. The second-order valence-electron chi connectivity index (χ2n) is 0.316. The summed E-state index contributed by atoms with van der Waals surface area (Å²) < 4.78 is 0. The van der Waals surface area contributed by atoms with Gasteiger partial charge in [0.2, 0.25) is 0 Å². The Hall–Kier alpha value is 0.700. The molecule has 28 valence electrons. The van der Waals surface area contributed by atoms with Crippen molar-refractivity contribution >= 4 is 26.1 Å². The lowest BCUT2D eigenvalue weighted by Crippen LogP contribution is -1.36. The first-order valence-corrected chi connectivity index (χ1v) is 1.66. The van der Waals surface area contributed by atoms with Crippen molar-refractivity contribution in [2.24, 2.45) is 0 Å². The van der Waals surface area contributed by atoms with E-state index >= 15 is 0 Å². The van der Waals surface area contributed by atoms with Crippen LogP contribution in [0.25, 0.3) is 0 Å². The minimum atomic E-state index is 0. The van der Waals surface area contributed by atoms with Gasteiger partial charge in [0.1, 0.15) is 0 Å².